The number of anilines is 3. The van der Waals surface area contributed by atoms with E-state index in [1.807, 2.05) is 66.8 Å². The summed E-state index contributed by atoms with van der Waals surface area (Å²) in [5, 5.41) is 11.3. The molecule has 10 heteroatoms. The maximum absolute atomic E-state index is 15.0. The molecule has 2 heterocycles. The minimum Gasteiger partial charge on any atom is -0.460 e. The average Bonchev–Trinajstić information content (AvgIpc) is 3.11. The van der Waals surface area contributed by atoms with Crippen LogP contribution in [0.2, 0.25) is 0 Å². The van der Waals surface area contributed by atoms with Crippen LogP contribution in [-0.4, -0.2) is 38.3 Å². The number of hydrogen-bond donors (Lipinski definition) is 3. The summed E-state index contributed by atoms with van der Waals surface area (Å²) in [6.07, 6.45) is 1.88. The van der Waals surface area contributed by atoms with Gasteiger partial charge in [-0.05, 0) is 56.9 Å². The first-order valence-corrected chi connectivity index (χ1v) is 11.9. The first-order chi connectivity index (χ1) is 16.7. The lowest BCUT2D eigenvalue weighted by molar-refractivity contribution is -0.156. The summed E-state index contributed by atoms with van der Waals surface area (Å²) in [5.74, 6) is -1.90. The molecule has 1 aromatic carbocycles. The molecule has 0 fully saturated rings. The van der Waals surface area contributed by atoms with E-state index in [4.69, 9.17) is 10.5 Å². The third-order valence-electron chi connectivity index (χ3n) is 5.79. The number of esters is 1. The van der Waals surface area contributed by atoms with Gasteiger partial charge in [0.05, 0.1) is 23.7 Å². The highest BCUT2D eigenvalue weighted by atomic mass is 19.1. The quantitative estimate of drug-likeness (QED) is 0.364. The van der Waals surface area contributed by atoms with Gasteiger partial charge in [0, 0.05) is 24.2 Å². The van der Waals surface area contributed by atoms with E-state index < -0.39 is 17.3 Å². The van der Waals surface area contributed by atoms with Gasteiger partial charge in [0.15, 0.2) is 11.6 Å². The van der Waals surface area contributed by atoms with Crippen LogP contribution in [0.4, 0.5) is 21.7 Å². The zero-order valence-electron chi connectivity index (χ0n) is 21.8. The Morgan fingerprint density at radius 2 is 1.86 bits per heavy atom. The number of nitrogens with zero attached hydrogens (tertiary/aromatic N) is 3. The van der Waals surface area contributed by atoms with Crippen LogP contribution < -0.4 is 16.4 Å². The maximum Gasteiger partial charge on any atom is 0.306 e. The molecule has 0 saturated heterocycles. The lowest BCUT2D eigenvalue weighted by Gasteiger charge is -2.30. The number of carbonyl (C=O) groups is 2. The summed E-state index contributed by atoms with van der Waals surface area (Å²) >= 11 is 0. The first-order valence-electron chi connectivity index (χ1n) is 11.9. The molecule has 0 unspecified atom stereocenters. The van der Waals surface area contributed by atoms with Crippen LogP contribution in [0, 0.1) is 17.7 Å². The third kappa shape index (κ3) is 6.50. The first kappa shape index (κ1) is 26.9. The SMILES string of the molecule is CC(C)[C@@H](Nc1nc(Nc2ccc3c(cnn3C)c2)c(C(N)=O)cc1F)[C@H](C)CC(=O)OC(C)(C)C. The molecule has 9 nitrogen and oxygen atoms in total. The van der Waals surface area contributed by atoms with Crippen molar-refractivity contribution in [3.05, 3.63) is 41.8 Å². The van der Waals surface area contributed by atoms with E-state index in [0.717, 1.165) is 17.0 Å². The molecule has 0 aliphatic carbocycles. The molecule has 0 aliphatic rings. The van der Waals surface area contributed by atoms with Crippen LogP contribution in [0.5, 0.6) is 0 Å². The number of rotatable bonds is 9. The molecule has 2 aromatic heterocycles. The topological polar surface area (TPSA) is 124 Å². The summed E-state index contributed by atoms with van der Waals surface area (Å²) in [5.41, 5.74) is 6.42. The third-order valence-corrected chi connectivity index (χ3v) is 5.79. The zero-order valence-corrected chi connectivity index (χ0v) is 21.8. The van der Waals surface area contributed by atoms with Gasteiger partial charge < -0.3 is 21.1 Å². The van der Waals surface area contributed by atoms with Gasteiger partial charge in [0.25, 0.3) is 5.91 Å². The second-order valence-electron chi connectivity index (χ2n) is 10.4. The smallest absolute Gasteiger partial charge is 0.306 e. The Morgan fingerprint density at radius 1 is 1.17 bits per heavy atom. The van der Waals surface area contributed by atoms with Crippen molar-refractivity contribution in [2.24, 2.45) is 24.6 Å². The van der Waals surface area contributed by atoms with Crippen LogP contribution >= 0.6 is 0 Å². The van der Waals surface area contributed by atoms with Gasteiger partial charge in [-0.1, -0.05) is 20.8 Å². The number of aromatic nitrogens is 3. The minimum atomic E-state index is -0.809. The molecule has 1 amide bonds. The number of aryl methyl sites for hydroxylation is 1. The average molecular weight is 499 g/mol. The Morgan fingerprint density at radius 3 is 2.47 bits per heavy atom. The monoisotopic (exact) mass is 498 g/mol. The van der Waals surface area contributed by atoms with Crippen molar-refractivity contribution in [2.75, 3.05) is 10.6 Å². The molecule has 0 bridgehead atoms. The molecular weight excluding hydrogens is 463 g/mol. The summed E-state index contributed by atoms with van der Waals surface area (Å²) in [4.78, 5) is 28.8. The molecule has 4 N–H and O–H groups in total. The second kappa shape index (κ2) is 10.5. The van der Waals surface area contributed by atoms with E-state index >= 15 is 4.39 Å². The van der Waals surface area contributed by atoms with Gasteiger partial charge >= 0.3 is 5.97 Å². The largest absolute Gasteiger partial charge is 0.460 e. The molecule has 36 heavy (non-hydrogen) atoms. The number of nitrogens with one attached hydrogen (secondary N) is 2. The minimum absolute atomic E-state index is 0.0419. The van der Waals surface area contributed by atoms with Crippen molar-refractivity contribution in [2.45, 2.75) is 59.6 Å². The van der Waals surface area contributed by atoms with Gasteiger partial charge in [0.2, 0.25) is 0 Å². The Hall–Kier alpha value is -3.69. The number of hydrogen-bond acceptors (Lipinski definition) is 7. The standard InChI is InChI=1S/C26H35FN6O3/c1-14(2)22(15(3)10-21(34)36-26(4,5)6)31-25-19(27)12-18(23(28)35)24(32-25)30-17-8-9-20-16(11-17)13-29-33(20)7/h8-9,11-15,22H,10H2,1-7H3,(H2,28,35)(H2,30,31,32)/t15-,22-/m1/s1. The molecule has 3 rings (SSSR count). The van der Waals surface area contributed by atoms with Crippen molar-refractivity contribution in [3.63, 3.8) is 0 Å². The number of fused-ring (bicyclic) bond motifs is 1. The van der Waals surface area contributed by atoms with Gasteiger partial charge in [-0.25, -0.2) is 9.37 Å². The summed E-state index contributed by atoms with van der Waals surface area (Å²) in [6.45, 7) is 11.3. The molecule has 3 aromatic rings. The number of carbonyl (C=O) groups excluding carboxylic acids is 2. The fraction of sp³-hybridized carbons (Fsp3) is 0.462. The van der Waals surface area contributed by atoms with Crippen molar-refractivity contribution in [1.82, 2.24) is 14.8 Å². The highest BCUT2D eigenvalue weighted by Crippen LogP contribution is 2.28. The van der Waals surface area contributed by atoms with Gasteiger partial charge in [-0.2, -0.15) is 5.10 Å². The fourth-order valence-electron chi connectivity index (χ4n) is 4.15. The van der Waals surface area contributed by atoms with Crippen molar-refractivity contribution < 1.29 is 18.7 Å². The van der Waals surface area contributed by atoms with Crippen LogP contribution in [0.1, 0.15) is 58.3 Å². The zero-order chi connectivity index (χ0) is 26.8. The summed E-state index contributed by atoms with van der Waals surface area (Å²) in [7, 11) is 1.84. The van der Waals surface area contributed by atoms with Gasteiger partial charge in [-0.3, -0.25) is 14.3 Å². The number of halogens is 1. The van der Waals surface area contributed by atoms with Gasteiger partial charge in [0.1, 0.15) is 11.4 Å². The second-order valence-corrected chi connectivity index (χ2v) is 10.4. The van der Waals surface area contributed by atoms with E-state index in [2.05, 4.69) is 20.7 Å². The fourth-order valence-corrected chi connectivity index (χ4v) is 4.15. The highest BCUT2D eigenvalue weighted by Gasteiger charge is 2.28. The van der Waals surface area contributed by atoms with Crippen molar-refractivity contribution in [3.8, 4) is 0 Å². The van der Waals surface area contributed by atoms with Crippen LogP contribution in [0.3, 0.4) is 0 Å². The number of pyridine rings is 1. The Kier molecular flexibility index (Phi) is 7.86. The van der Waals surface area contributed by atoms with Crippen LogP contribution in [0.15, 0.2) is 30.5 Å². The van der Waals surface area contributed by atoms with Gasteiger partial charge in [-0.15, -0.1) is 0 Å². The van der Waals surface area contributed by atoms with Crippen molar-refractivity contribution >= 4 is 40.1 Å². The summed E-state index contributed by atoms with van der Waals surface area (Å²) in [6, 6.07) is 6.32. The van der Waals surface area contributed by atoms with E-state index in [-0.39, 0.29) is 47.5 Å². The van der Waals surface area contributed by atoms with E-state index in [1.165, 1.54) is 0 Å². The molecule has 194 valence electrons. The maximum atomic E-state index is 15.0. The summed E-state index contributed by atoms with van der Waals surface area (Å²) < 4.78 is 22.2. The lowest BCUT2D eigenvalue weighted by atomic mass is 9.89. The number of nitrogens with two attached hydrogens (primary N) is 1. The molecule has 2 atom stereocenters. The number of amides is 1. The van der Waals surface area contributed by atoms with Crippen molar-refractivity contribution in [1.29, 1.82) is 0 Å². The number of ether oxygens (including phenoxy) is 1. The normalized spacial score (nSPS) is 13.5. The lowest BCUT2D eigenvalue weighted by Crippen LogP contribution is -2.36. The number of primary amides is 1. The molecule has 0 saturated carbocycles. The van der Waals surface area contributed by atoms with E-state index in [1.54, 1.807) is 10.9 Å². The predicted molar refractivity (Wildman–Crippen MR) is 139 cm³/mol. The molecule has 0 spiro atoms. The predicted octanol–water partition coefficient (Wildman–Crippen LogP) is 4.75. The Balaban J connectivity index is 1.89. The molecule has 0 aliphatic heterocycles. The Labute approximate surface area is 210 Å². The van der Waals surface area contributed by atoms with E-state index in [9.17, 15) is 9.59 Å². The number of benzene rings is 1. The Bertz CT molecular complexity index is 1260. The van der Waals surface area contributed by atoms with E-state index in [0.29, 0.717) is 5.69 Å². The van der Waals surface area contributed by atoms with Crippen LogP contribution in [0.25, 0.3) is 10.9 Å². The molecule has 0 radical (unpaired) electrons. The highest BCUT2D eigenvalue weighted by molar-refractivity contribution is 5.99. The van der Waals surface area contributed by atoms with Crippen LogP contribution in [-0.2, 0) is 16.6 Å². The molecular formula is C26H35FN6O3.